The van der Waals surface area contributed by atoms with E-state index in [0.29, 0.717) is 0 Å². The van der Waals surface area contributed by atoms with Crippen molar-refractivity contribution in [1.82, 2.24) is 14.5 Å². The molecule has 23 heavy (non-hydrogen) atoms. The van der Waals surface area contributed by atoms with Crippen LogP contribution in [0, 0.1) is 6.92 Å². The van der Waals surface area contributed by atoms with Crippen LogP contribution in [-0.2, 0) is 7.05 Å². The Hall–Kier alpha value is -2.89. The summed E-state index contributed by atoms with van der Waals surface area (Å²) in [5.74, 6) is 1.47. The zero-order chi connectivity index (χ0) is 16.4. The average Bonchev–Trinajstić information content (AvgIpc) is 2.92. The maximum absolute atomic E-state index is 5.32. The number of imidazole rings is 1. The summed E-state index contributed by atoms with van der Waals surface area (Å²) in [7, 11) is 3.61. The van der Waals surface area contributed by atoms with Gasteiger partial charge in [0.05, 0.1) is 30.8 Å². The highest BCUT2D eigenvalue weighted by atomic mass is 16.5. The van der Waals surface area contributed by atoms with Gasteiger partial charge in [0.2, 0.25) is 0 Å². The van der Waals surface area contributed by atoms with Gasteiger partial charge < -0.3 is 14.6 Å². The Bertz CT molecular complexity index is 882. The molecule has 0 fully saturated rings. The molecule has 2 aromatic heterocycles. The molecule has 6 nitrogen and oxygen atoms in total. The second kappa shape index (κ2) is 6.08. The number of hydrogen-bond acceptors (Lipinski definition) is 4. The Kier molecular flexibility index (Phi) is 3.97. The number of anilines is 1. The fraction of sp³-hybridized carbons (Fsp3) is 0.235. The van der Waals surface area contributed by atoms with Crippen LogP contribution in [0.1, 0.15) is 12.5 Å². The van der Waals surface area contributed by atoms with Gasteiger partial charge in [-0.25, -0.2) is 9.98 Å². The molecule has 1 N–H and O–H groups in total. The van der Waals surface area contributed by atoms with Gasteiger partial charge in [0.1, 0.15) is 22.8 Å². The first-order chi connectivity index (χ1) is 11.1. The van der Waals surface area contributed by atoms with Crippen LogP contribution >= 0.6 is 0 Å². The normalized spacial score (nSPS) is 11.7. The molecule has 3 aromatic rings. The van der Waals surface area contributed by atoms with Crippen LogP contribution in [0.4, 0.5) is 11.4 Å². The molecule has 0 saturated heterocycles. The minimum atomic E-state index is 0.724. The summed E-state index contributed by atoms with van der Waals surface area (Å²) in [4.78, 5) is 13.3. The Labute approximate surface area is 134 Å². The summed E-state index contributed by atoms with van der Waals surface area (Å²) < 4.78 is 7.31. The van der Waals surface area contributed by atoms with Gasteiger partial charge in [-0.15, -0.1) is 0 Å². The first-order valence-electron chi connectivity index (χ1n) is 7.31. The molecule has 0 aliphatic rings. The van der Waals surface area contributed by atoms with Crippen LogP contribution in [0.25, 0.3) is 11.0 Å². The highest BCUT2D eigenvalue weighted by molar-refractivity contribution is 5.99. The summed E-state index contributed by atoms with van der Waals surface area (Å²) in [6.45, 7) is 3.94. The monoisotopic (exact) mass is 309 g/mol. The summed E-state index contributed by atoms with van der Waals surface area (Å²) in [6.07, 6.45) is 5.21. The number of aryl methyl sites for hydroxylation is 2. The molecule has 0 saturated carbocycles. The number of aliphatic imine (C=N–C) groups is 1. The quantitative estimate of drug-likeness (QED) is 0.594. The van der Waals surface area contributed by atoms with Crippen LogP contribution in [0.3, 0.4) is 0 Å². The minimum absolute atomic E-state index is 0.724. The van der Waals surface area contributed by atoms with E-state index >= 15 is 0 Å². The number of amidine groups is 1. The van der Waals surface area contributed by atoms with Gasteiger partial charge in [0.25, 0.3) is 0 Å². The molecule has 0 unspecified atom stereocenters. The number of hydrogen-bond donors (Lipinski definition) is 1. The van der Waals surface area contributed by atoms with Crippen LogP contribution in [0.5, 0.6) is 5.75 Å². The van der Waals surface area contributed by atoms with Crippen LogP contribution in [0.2, 0.25) is 0 Å². The first-order valence-corrected chi connectivity index (χ1v) is 7.31. The van der Waals surface area contributed by atoms with E-state index in [1.807, 2.05) is 25.5 Å². The van der Waals surface area contributed by atoms with E-state index in [9.17, 15) is 0 Å². The molecule has 0 spiro atoms. The molecule has 0 radical (unpaired) electrons. The summed E-state index contributed by atoms with van der Waals surface area (Å²) in [6, 6.07) is 5.92. The van der Waals surface area contributed by atoms with Crippen molar-refractivity contribution in [2.45, 2.75) is 13.8 Å². The standard InChI is InChI=1S/C17H19N5O/c1-11-5-6-14-17(19-10-22(14)3)16(11)21-12(2)20-13-9-18-8-7-15(13)23-4/h5-10H,1-4H3,(H,20,21). The van der Waals surface area contributed by atoms with E-state index < -0.39 is 0 Å². The van der Waals surface area contributed by atoms with E-state index in [4.69, 9.17) is 9.73 Å². The highest BCUT2D eigenvalue weighted by Crippen LogP contribution is 2.29. The number of rotatable bonds is 3. The molecule has 0 amide bonds. The third-order valence-corrected chi connectivity index (χ3v) is 3.67. The van der Waals surface area contributed by atoms with Gasteiger partial charge in [-0.2, -0.15) is 0 Å². The van der Waals surface area contributed by atoms with Crippen molar-refractivity contribution in [2.24, 2.45) is 12.0 Å². The number of fused-ring (bicyclic) bond motifs is 1. The van der Waals surface area contributed by atoms with Crippen molar-refractivity contribution >= 4 is 28.2 Å². The van der Waals surface area contributed by atoms with Crippen molar-refractivity contribution in [3.63, 3.8) is 0 Å². The second-order valence-electron chi connectivity index (χ2n) is 5.35. The lowest BCUT2D eigenvalue weighted by Crippen LogP contribution is -2.08. The molecule has 0 bridgehead atoms. The SMILES string of the molecule is COc1ccncc1NC(C)=Nc1c(C)ccc2c1ncn2C. The molecule has 6 heteroatoms. The summed E-state index contributed by atoms with van der Waals surface area (Å²) >= 11 is 0. The molecule has 1 aromatic carbocycles. The molecule has 0 aliphatic heterocycles. The molecular weight excluding hydrogens is 290 g/mol. The third-order valence-electron chi connectivity index (χ3n) is 3.67. The van der Waals surface area contributed by atoms with E-state index in [-0.39, 0.29) is 0 Å². The van der Waals surface area contributed by atoms with E-state index in [0.717, 1.165) is 39.6 Å². The lowest BCUT2D eigenvalue weighted by molar-refractivity contribution is 0.416. The second-order valence-corrected chi connectivity index (χ2v) is 5.35. The third kappa shape index (κ3) is 2.88. The first kappa shape index (κ1) is 15.0. The van der Waals surface area contributed by atoms with Crippen molar-refractivity contribution in [3.8, 4) is 5.75 Å². The number of nitrogens with zero attached hydrogens (tertiary/aromatic N) is 4. The average molecular weight is 309 g/mol. The van der Waals surface area contributed by atoms with Crippen LogP contribution < -0.4 is 10.1 Å². The molecule has 0 aliphatic carbocycles. The minimum Gasteiger partial charge on any atom is -0.494 e. The Morgan fingerprint density at radius 1 is 1.30 bits per heavy atom. The maximum atomic E-state index is 5.32. The maximum Gasteiger partial charge on any atom is 0.145 e. The fourth-order valence-electron chi connectivity index (χ4n) is 2.47. The van der Waals surface area contributed by atoms with Crippen molar-refractivity contribution in [2.75, 3.05) is 12.4 Å². The largest absolute Gasteiger partial charge is 0.494 e. The zero-order valence-corrected chi connectivity index (χ0v) is 13.7. The van der Waals surface area contributed by atoms with Crippen LogP contribution in [0.15, 0.2) is 41.9 Å². The number of aromatic nitrogens is 3. The van der Waals surface area contributed by atoms with Gasteiger partial charge in [0, 0.05) is 19.3 Å². The Morgan fingerprint density at radius 3 is 2.91 bits per heavy atom. The number of pyridine rings is 1. The van der Waals surface area contributed by atoms with E-state index in [1.54, 1.807) is 31.9 Å². The zero-order valence-electron chi connectivity index (χ0n) is 13.7. The smallest absolute Gasteiger partial charge is 0.145 e. The van der Waals surface area contributed by atoms with Gasteiger partial charge >= 0.3 is 0 Å². The molecular formula is C17H19N5O. The van der Waals surface area contributed by atoms with Gasteiger partial charge in [-0.1, -0.05) is 6.07 Å². The van der Waals surface area contributed by atoms with Gasteiger partial charge in [-0.3, -0.25) is 4.98 Å². The highest BCUT2D eigenvalue weighted by Gasteiger charge is 2.09. The van der Waals surface area contributed by atoms with Crippen molar-refractivity contribution < 1.29 is 4.74 Å². The number of nitrogens with one attached hydrogen (secondary N) is 1. The molecule has 0 atom stereocenters. The number of benzene rings is 1. The van der Waals surface area contributed by atoms with E-state index in [2.05, 4.69) is 27.4 Å². The Morgan fingerprint density at radius 2 is 2.13 bits per heavy atom. The predicted molar refractivity (Wildman–Crippen MR) is 92.6 cm³/mol. The molecule has 3 rings (SSSR count). The van der Waals surface area contributed by atoms with Crippen molar-refractivity contribution in [1.29, 1.82) is 0 Å². The molecule has 118 valence electrons. The topological polar surface area (TPSA) is 64.3 Å². The van der Waals surface area contributed by atoms with Crippen molar-refractivity contribution in [3.05, 3.63) is 42.5 Å². The van der Waals surface area contributed by atoms with Gasteiger partial charge in [0.15, 0.2) is 0 Å². The summed E-state index contributed by atoms with van der Waals surface area (Å²) in [5.41, 5.74) is 4.68. The lowest BCUT2D eigenvalue weighted by Gasteiger charge is -2.10. The van der Waals surface area contributed by atoms with E-state index in [1.165, 1.54) is 0 Å². The number of methoxy groups -OCH3 is 1. The number of ether oxygens (including phenoxy) is 1. The van der Waals surface area contributed by atoms with Crippen LogP contribution in [-0.4, -0.2) is 27.5 Å². The Balaban J connectivity index is 1.99. The lowest BCUT2D eigenvalue weighted by atomic mass is 10.1. The fourth-order valence-corrected chi connectivity index (χ4v) is 2.47. The predicted octanol–water partition coefficient (Wildman–Crippen LogP) is 3.45. The van der Waals surface area contributed by atoms with Gasteiger partial charge in [-0.05, 0) is 25.5 Å². The summed E-state index contributed by atoms with van der Waals surface area (Å²) in [5, 5.41) is 3.24. The molecule has 2 heterocycles.